The van der Waals surface area contributed by atoms with Crippen LogP contribution in [0.2, 0.25) is 0 Å². The molecule has 0 N–H and O–H groups in total. The summed E-state index contributed by atoms with van der Waals surface area (Å²) in [7, 11) is 0. The highest BCUT2D eigenvalue weighted by Crippen LogP contribution is 2.42. The van der Waals surface area contributed by atoms with Crippen molar-refractivity contribution in [1.82, 2.24) is 0 Å². The number of benzene rings is 9. The highest BCUT2D eigenvalue weighted by atomic mass is 16.3. The largest absolute Gasteiger partial charge is 0.455 e. The summed E-state index contributed by atoms with van der Waals surface area (Å²) in [6, 6.07) is 71.7. The smallest absolute Gasteiger partial charge is 0.143 e. The Bertz CT molecular complexity index is 2890. The fraction of sp³-hybridized carbons (Fsp3) is 0. The number of anilines is 3. The third-order valence-electron chi connectivity index (χ3n) is 10.3. The molecular formula is C50H33NO. The molecule has 9 aromatic carbocycles. The summed E-state index contributed by atoms with van der Waals surface area (Å²) >= 11 is 0. The lowest BCUT2D eigenvalue weighted by Gasteiger charge is -2.28. The number of rotatable bonds is 6. The van der Waals surface area contributed by atoms with Gasteiger partial charge in [-0.25, -0.2) is 0 Å². The summed E-state index contributed by atoms with van der Waals surface area (Å²) in [5.74, 6) is 0. The Balaban J connectivity index is 1.06. The Morgan fingerprint density at radius 3 is 1.67 bits per heavy atom. The second-order valence-electron chi connectivity index (χ2n) is 13.4. The lowest BCUT2D eigenvalue weighted by Crippen LogP contribution is -2.11. The molecular weight excluding hydrogens is 631 g/mol. The molecule has 0 aliphatic rings. The van der Waals surface area contributed by atoms with Gasteiger partial charge in [0.25, 0.3) is 0 Å². The van der Waals surface area contributed by atoms with Gasteiger partial charge in [0.1, 0.15) is 11.2 Å². The molecule has 0 amide bonds. The molecule has 0 fully saturated rings. The minimum Gasteiger partial charge on any atom is -0.455 e. The molecule has 0 saturated carbocycles. The quantitative estimate of drug-likeness (QED) is 0.176. The van der Waals surface area contributed by atoms with Gasteiger partial charge in [-0.2, -0.15) is 0 Å². The minimum absolute atomic E-state index is 0.905. The van der Waals surface area contributed by atoms with Crippen molar-refractivity contribution in [1.29, 1.82) is 0 Å². The van der Waals surface area contributed by atoms with Crippen LogP contribution in [0.25, 0.3) is 76.9 Å². The van der Waals surface area contributed by atoms with Crippen molar-refractivity contribution in [3.8, 4) is 33.4 Å². The van der Waals surface area contributed by atoms with Crippen LogP contribution in [-0.2, 0) is 0 Å². The Morgan fingerprint density at radius 2 is 0.904 bits per heavy atom. The highest BCUT2D eigenvalue weighted by molar-refractivity contribution is 6.15. The number of hydrogen-bond acceptors (Lipinski definition) is 2. The molecule has 244 valence electrons. The molecule has 1 heterocycles. The summed E-state index contributed by atoms with van der Waals surface area (Å²) in [5.41, 5.74) is 12.2. The van der Waals surface area contributed by atoms with E-state index >= 15 is 0 Å². The standard InChI is InChI=1S/C50H33NO/c1-2-11-37(12-3-1)44-15-8-9-17-48(44)51(42-26-20-35(21-27-42)40-19-18-34-10-4-5-14-39(34)32-40)43-28-22-36(23-29-43)41-25-31-49-47(33-41)46-30-24-38-13-6-7-16-45(38)50(46)52-49/h1-33H. The van der Waals surface area contributed by atoms with Gasteiger partial charge in [0.05, 0.1) is 5.69 Å². The Hall–Kier alpha value is -6.90. The van der Waals surface area contributed by atoms with Crippen LogP contribution in [-0.4, -0.2) is 0 Å². The van der Waals surface area contributed by atoms with Crippen LogP contribution in [0.1, 0.15) is 0 Å². The molecule has 0 atom stereocenters. The average Bonchev–Trinajstić information content (AvgIpc) is 3.60. The molecule has 0 spiro atoms. The maximum Gasteiger partial charge on any atom is 0.143 e. The first-order valence-corrected chi connectivity index (χ1v) is 17.8. The maximum absolute atomic E-state index is 6.40. The molecule has 0 aliphatic heterocycles. The zero-order chi connectivity index (χ0) is 34.4. The van der Waals surface area contributed by atoms with E-state index in [-0.39, 0.29) is 0 Å². The molecule has 0 saturated heterocycles. The third-order valence-corrected chi connectivity index (χ3v) is 10.3. The van der Waals surface area contributed by atoms with E-state index in [1.165, 1.54) is 38.4 Å². The van der Waals surface area contributed by atoms with Gasteiger partial charge in [0.15, 0.2) is 0 Å². The monoisotopic (exact) mass is 663 g/mol. The van der Waals surface area contributed by atoms with E-state index in [2.05, 4.69) is 205 Å². The van der Waals surface area contributed by atoms with E-state index in [0.717, 1.165) is 55.5 Å². The van der Waals surface area contributed by atoms with Crippen molar-refractivity contribution in [2.24, 2.45) is 0 Å². The van der Waals surface area contributed by atoms with Gasteiger partial charge < -0.3 is 9.32 Å². The second-order valence-corrected chi connectivity index (χ2v) is 13.4. The molecule has 0 unspecified atom stereocenters. The maximum atomic E-state index is 6.40. The molecule has 0 bridgehead atoms. The first kappa shape index (κ1) is 30.0. The van der Waals surface area contributed by atoms with E-state index in [1.54, 1.807) is 0 Å². The molecule has 2 nitrogen and oxygen atoms in total. The van der Waals surface area contributed by atoms with Crippen LogP contribution in [0, 0.1) is 0 Å². The fourth-order valence-electron chi connectivity index (χ4n) is 7.62. The van der Waals surface area contributed by atoms with Crippen LogP contribution < -0.4 is 4.90 Å². The van der Waals surface area contributed by atoms with Crippen LogP contribution in [0.5, 0.6) is 0 Å². The van der Waals surface area contributed by atoms with Crippen molar-refractivity contribution in [3.63, 3.8) is 0 Å². The number of hydrogen-bond donors (Lipinski definition) is 0. The number of nitrogens with zero attached hydrogens (tertiary/aromatic N) is 1. The van der Waals surface area contributed by atoms with E-state index < -0.39 is 0 Å². The topological polar surface area (TPSA) is 16.4 Å². The van der Waals surface area contributed by atoms with Crippen LogP contribution in [0.15, 0.2) is 205 Å². The molecule has 52 heavy (non-hydrogen) atoms. The third kappa shape index (κ3) is 5.21. The summed E-state index contributed by atoms with van der Waals surface area (Å²) < 4.78 is 6.40. The predicted molar refractivity (Wildman–Crippen MR) is 220 cm³/mol. The summed E-state index contributed by atoms with van der Waals surface area (Å²) in [6.07, 6.45) is 0. The van der Waals surface area contributed by atoms with Gasteiger partial charge in [0.2, 0.25) is 0 Å². The summed E-state index contributed by atoms with van der Waals surface area (Å²) in [5, 5.41) is 7.10. The van der Waals surface area contributed by atoms with Crippen LogP contribution in [0.3, 0.4) is 0 Å². The molecule has 0 radical (unpaired) electrons. The van der Waals surface area contributed by atoms with Gasteiger partial charge in [-0.15, -0.1) is 0 Å². The van der Waals surface area contributed by atoms with Gasteiger partial charge in [-0.3, -0.25) is 0 Å². The lowest BCUT2D eigenvalue weighted by molar-refractivity contribution is 0.672. The lowest BCUT2D eigenvalue weighted by atomic mass is 9.99. The number of fused-ring (bicyclic) bond motifs is 6. The number of furan rings is 1. The minimum atomic E-state index is 0.905. The zero-order valence-corrected chi connectivity index (χ0v) is 28.4. The van der Waals surface area contributed by atoms with Crippen molar-refractivity contribution < 1.29 is 4.42 Å². The molecule has 0 aliphatic carbocycles. The zero-order valence-electron chi connectivity index (χ0n) is 28.4. The van der Waals surface area contributed by atoms with E-state index in [1.807, 2.05) is 0 Å². The normalized spacial score (nSPS) is 11.5. The van der Waals surface area contributed by atoms with Gasteiger partial charge >= 0.3 is 0 Å². The average molecular weight is 664 g/mol. The van der Waals surface area contributed by atoms with Gasteiger partial charge in [-0.05, 0) is 98.6 Å². The van der Waals surface area contributed by atoms with Crippen LogP contribution >= 0.6 is 0 Å². The predicted octanol–water partition coefficient (Wildman–Crippen LogP) is 14.4. The number of para-hydroxylation sites is 1. The Labute approximate surface area is 302 Å². The second kappa shape index (κ2) is 12.5. The molecule has 1 aromatic heterocycles. The SMILES string of the molecule is c1ccc(-c2ccccc2N(c2ccc(-c3ccc4ccccc4c3)cc2)c2ccc(-c3ccc4oc5c6ccccc6ccc5c4c3)cc2)cc1. The summed E-state index contributed by atoms with van der Waals surface area (Å²) in [6.45, 7) is 0. The van der Waals surface area contributed by atoms with Gasteiger partial charge in [-0.1, -0.05) is 146 Å². The van der Waals surface area contributed by atoms with Crippen molar-refractivity contribution in [2.75, 3.05) is 4.90 Å². The van der Waals surface area contributed by atoms with Crippen molar-refractivity contribution in [3.05, 3.63) is 200 Å². The first-order chi connectivity index (χ1) is 25.8. The van der Waals surface area contributed by atoms with E-state index in [0.29, 0.717) is 0 Å². The van der Waals surface area contributed by atoms with Crippen LogP contribution in [0.4, 0.5) is 17.1 Å². The van der Waals surface area contributed by atoms with Crippen molar-refractivity contribution >= 4 is 60.5 Å². The van der Waals surface area contributed by atoms with Gasteiger partial charge in [0, 0.05) is 33.1 Å². The summed E-state index contributed by atoms with van der Waals surface area (Å²) in [4.78, 5) is 2.37. The Kier molecular flexibility index (Phi) is 7.18. The highest BCUT2D eigenvalue weighted by Gasteiger charge is 2.18. The molecule has 10 aromatic rings. The molecule has 10 rings (SSSR count). The fourth-order valence-corrected chi connectivity index (χ4v) is 7.62. The molecule has 2 heteroatoms. The van der Waals surface area contributed by atoms with E-state index in [4.69, 9.17) is 4.42 Å². The van der Waals surface area contributed by atoms with E-state index in [9.17, 15) is 0 Å². The van der Waals surface area contributed by atoms with Crippen molar-refractivity contribution in [2.45, 2.75) is 0 Å². The first-order valence-electron chi connectivity index (χ1n) is 17.8. The Morgan fingerprint density at radius 1 is 0.327 bits per heavy atom.